The van der Waals surface area contributed by atoms with Crippen molar-refractivity contribution < 1.29 is 32.0 Å². The van der Waals surface area contributed by atoms with E-state index in [-0.39, 0.29) is 11.4 Å². The van der Waals surface area contributed by atoms with Gasteiger partial charge in [-0.1, -0.05) is 5.16 Å². The number of aryl methyl sites for hydroxylation is 1. The van der Waals surface area contributed by atoms with Crippen molar-refractivity contribution in [3.8, 4) is 0 Å². The number of esters is 1. The number of benzene rings is 1. The molecule has 0 saturated heterocycles. The zero-order chi connectivity index (χ0) is 17.9. The first-order chi connectivity index (χ1) is 11.2. The Labute approximate surface area is 133 Å². The number of ether oxygens (including phenoxy) is 1. The summed E-state index contributed by atoms with van der Waals surface area (Å²) in [4.78, 5) is 23.4. The quantitative estimate of drug-likeness (QED) is 0.652. The average molecular weight is 343 g/mol. The molecule has 1 heterocycles. The minimum absolute atomic E-state index is 0.141. The molecule has 3 N–H and O–H groups in total. The number of carbonyl (C=O) groups excluding carboxylic acids is 2. The van der Waals surface area contributed by atoms with Gasteiger partial charge in [-0.3, -0.25) is 4.79 Å². The van der Waals surface area contributed by atoms with Crippen molar-refractivity contribution in [2.24, 2.45) is 0 Å². The molecule has 24 heavy (non-hydrogen) atoms. The lowest BCUT2D eigenvalue weighted by Crippen LogP contribution is -2.21. The molecule has 128 valence electrons. The maximum Gasteiger partial charge on any atom is 0.416 e. The van der Waals surface area contributed by atoms with Crippen molar-refractivity contribution in [2.75, 3.05) is 17.7 Å². The van der Waals surface area contributed by atoms with Gasteiger partial charge in [-0.05, 0) is 25.1 Å². The van der Waals surface area contributed by atoms with Crippen LogP contribution in [0.4, 0.5) is 24.7 Å². The van der Waals surface area contributed by atoms with E-state index in [4.69, 9.17) is 15.0 Å². The molecule has 7 nitrogen and oxygen atoms in total. The lowest BCUT2D eigenvalue weighted by molar-refractivity contribution is -0.137. The van der Waals surface area contributed by atoms with Crippen molar-refractivity contribution in [2.45, 2.75) is 13.1 Å². The van der Waals surface area contributed by atoms with E-state index in [1.807, 2.05) is 0 Å². The number of nitrogen functional groups attached to an aromatic ring is 1. The van der Waals surface area contributed by atoms with E-state index >= 15 is 0 Å². The standard InChI is InChI=1S/C14H12F3N3O4/c1-7-4-11(20-24-7)19-12(21)6-23-13(22)9-3-2-8(5-10(9)18)14(15,16)17/h2-5H,6,18H2,1H3,(H,19,20,21). The number of nitrogens with two attached hydrogens (primary N) is 1. The number of nitrogens with one attached hydrogen (secondary N) is 1. The fourth-order valence-electron chi connectivity index (χ4n) is 1.74. The smallest absolute Gasteiger partial charge is 0.416 e. The van der Waals surface area contributed by atoms with Gasteiger partial charge in [0.1, 0.15) is 5.76 Å². The predicted molar refractivity (Wildman–Crippen MR) is 76.0 cm³/mol. The van der Waals surface area contributed by atoms with Crippen LogP contribution in [0.5, 0.6) is 0 Å². The number of rotatable bonds is 4. The Morgan fingerprint density at radius 3 is 2.58 bits per heavy atom. The Morgan fingerprint density at radius 2 is 2.04 bits per heavy atom. The normalized spacial score (nSPS) is 11.2. The summed E-state index contributed by atoms with van der Waals surface area (Å²) >= 11 is 0. The van der Waals surface area contributed by atoms with E-state index in [1.54, 1.807) is 6.92 Å². The zero-order valence-corrected chi connectivity index (χ0v) is 12.3. The van der Waals surface area contributed by atoms with E-state index < -0.39 is 35.9 Å². The minimum Gasteiger partial charge on any atom is -0.452 e. The summed E-state index contributed by atoms with van der Waals surface area (Å²) in [5.41, 5.74) is 3.77. The van der Waals surface area contributed by atoms with Crippen molar-refractivity contribution in [1.29, 1.82) is 0 Å². The van der Waals surface area contributed by atoms with Crippen LogP contribution in [0.25, 0.3) is 0 Å². The maximum atomic E-state index is 12.5. The molecule has 0 radical (unpaired) electrons. The molecule has 0 aliphatic heterocycles. The van der Waals surface area contributed by atoms with Crippen LogP contribution in [0, 0.1) is 6.92 Å². The second-order valence-corrected chi connectivity index (χ2v) is 4.75. The molecule has 0 unspecified atom stereocenters. The van der Waals surface area contributed by atoms with Crippen molar-refractivity contribution in [1.82, 2.24) is 5.16 Å². The van der Waals surface area contributed by atoms with Crippen molar-refractivity contribution in [3.05, 3.63) is 41.2 Å². The Balaban J connectivity index is 1.96. The first kappa shape index (κ1) is 17.3. The predicted octanol–water partition coefficient (Wildman–Crippen LogP) is 2.38. The maximum absolute atomic E-state index is 12.5. The highest BCUT2D eigenvalue weighted by Crippen LogP contribution is 2.31. The van der Waals surface area contributed by atoms with Crippen LogP contribution < -0.4 is 11.1 Å². The van der Waals surface area contributed by atoms with Gasteiger partial charge in [0.2, 0.25) is 0 Å². The van der Waals surface area contributed by atoms with Crippen LogP contribution in [0.3, 0.4) is 0 Å². The molecular weight excluding hydrogens is 331 g/mol. The topological polar surface area (TPSA) is 107 Å². The van der Waals surface area contributed by atoms with Gasteiger partial charge in [-0.15, -0.1) is 0 Å². The lowest BCUT2D eigenvalue weighted by Gasteiger charge is -2.10. The lowest BCUT2D eigenvalue weighted by atomic mass is 10.1. The second kappa shape index (κ2) is 6.60. The van der Waals surface area contributed by atoms with Gasteiger partial charge in [0.15, 0.2) is 12.4 Å². The molecule has 0 saturated carbocycles. The van der Waals surface area contributed by atoms with Crippen LogP contribution >= 0.6 is 0 Å². The van der Waals surface area contributed by atoms with Crippen LogP contribution in [0.2, 0.25) is 0 Å². The number of hydrogen-bond donors (Lipinski definition) is 2. The van der Waals surface area contributed by atoms with E-state index in [0.29, 0.717) is 17.9 Å². The van der Waals surface area contributed by atoms with E-state index in [9.17, 15) is 22.8 Å². The van der Waals surface area contributed by atoms with E-state index in [0.717, 1.165) is 6.07 Å². The largest absolute Gasteiger partial charge is 0.452 e. The summed E-state index contributed by atoms with van der Waals surface area (Å²) in [5.74, 6) is -1.10. The molecule has 1 aromatic carbocycles. The summed E-state index contributed by atoms with van der Waals surface area (Å²) in [6.45, 7) is 0.960. The minimum atomic E-state index is -4.58. The molecule has 0 fully saturated rings. The van der Waals surface area contributed by atoms with Crippen molar-refractivity contribution >= 4 is 23.4 Å². The number of alkyl halides is 3. The first-order valence-electron chi connectivity index (χ1n) is 6.54. The summed E-state index contributed by atoms with van der Waals surface area (Å²) in [5, 5.41) is 5.83. The van der Waals surface area contributed by atoms with Gasteiger partial charge in [-0.2, -0.15) is 13.2 Å². The molecule has 0 aliphatic carbocycles. The molecule has 0 bridgehead atoms. The van der Waals surface area contributed by atoms with Crippen LogP contribution in [-0.2, 0) is 15.7 Å². The summed E-state index contributed by atoms with van der Waals surface area (Å²) < 4.78 is 47.0. The monoisotopic (exact) mass is 343 g/mol. The molecular formula is C14H12F3N3O4. The number of aromatic nitrogens is 1. The molecule has 2 aromatic rings. The van der Waals surface area contributed by atoms with Gasteiger partial charge >= 0.3 is 12.1 Å². The van der Waals surface area contributed by atoms with Crippen LogP contribution in [0.15, 0.2) is 28.8 Å². The third-order valence-electron chi connectivity index (χ3n) is 2.83. The van der Waals surface area contributed by atoms with Gasteiger partial charge in [-0.25, -0.2) is 4.79 Å². The second-order valence-electron chi connectivity index (χ2n) is 4.75. The Kier molecular flexibility index (Phi) is 4.77. The highest BCUT2D eigenvalue weighted by atomic mass is 19.4. The van der Waals surface area contributed by atoms with Gasteiger partial charge in [0.25, 0.3) is 5.91 Å². The third-order valence-corrected chi connectivity index (χ3v) is 2.83. The summed E-state index contributed by atoms with van der Waals surface area (Å²) in [6.07, 6.45) is -4.58. The number of halogens is 3. The molecule has 1 aromatic heterocycles. The van der Waals surface area contributed by atoms with Crippen LogP contribution in [-0.4, -0.2) is 23.6 Å². The number of nitrogens with zero attached hydrogens (tertiary/aromatic N) is 1. The summed E-state index contributed by atoms with van der Waals surface area (Å²) in [7, 11) is 0. The Hall–Kier alpha value is -3.04. The van der Waals surface area contributed by atoms with Crippen LogP contribution in [0.1, 0.15) is 21.7 Å². The Bertz CT molecular complexity index is 771. The zero-order valence-electron chi connectivity index (χ0n) is 12.3. The number of amides is 1. The number of anilines is 2. The third kappa shape index (κ3) is 4.24. The first-order valence-corrected chi connectivity index (χ1v) is 6.54. The fraction of sp³-hybridized carbons (Fsp3) is 0.214. The summed E-state index contributed by atoms with van der Waals surface area (Å²) in [6, 6.07) is 3.66. The molecule has 0 spiro atoms. The molecule has 1 amide bonds. The average Bonchev–Trinajstić information content (AvgIpc) is 2.88. The van der Waals surface area contributed by atoms with Gasteiger partial charge < -0.3 is 20.3 Å². The van der Waals surface area contributed by atoms with Gasteiger partial charge in [0, 0.05) is 11.8 Å². The molecule has 0 atom stereocenters. The molecule has 0 aliphatic rings. The number of carbonyl (C=O) groups is 2. The van der Waals surface area contributed by atoms with E-state index in [1.165, 1.54) is 6.07 Å². The Morgan fingerprint density at radius 1 is 1.33 bits per heavy atom. The number of hydrogen-bond acceptors (Lipinski definition) is 6. The van der Waals surface area contributed by atoms with E-state index in [2.05, 4.69) is 10.5 Å². The highest BCUT2D eigenvalue weighted by Gasteiger charge is 2.31. The molecule has 10 heteroatoms. The fourth-order valence-corrected chi connectivity index (χ4v) is 1.74. The van der Waals surface area contributed by atoms with Gasteiger partial charge in [0.05, 0.1) is 11.1 Å². The molecule has 2 rings (SSSR count). The highest BCUT2D eigenvalue weighted by molar-refractivity contribution is 5.98. The van der Waals surface area contributed by atoms with Crippen molar-refractivity contribution in [3.63, 3.8) is 0 Å². The SMILES string of the molecule is Cc1cc(NC(=O)COC(=O)c2ccc(C(F)(F)F)cc2N)no1.